The summed E-state index contributed by atoms with van der Waals surface area (Å²) in [7, 11) is -0.853. The van der Waals surface area contributed by atoms with Crippen molar-refractivity contribution in [3.63, 3.8) is 0 Å². The van der Waals surface area contributed by atoms with Crippen molar-refractivity contribution in [3.05, 3.63) is 69.7 Å². The van der Waals surface area contributed by atoms with Gasteiger partial charge in [0.2, 0.25) is 5.76 Å². The Balaban J connectivity index is 1.75. The Hall–Kier alpha value is -3.93. The van der Waals surface area contributed by atoms with Crippen LogP contribution in [0, 0.1) is 11.6 Å². The average Bonchev–Trinajstić information content (AvgIpc) is 3.13. The first-order valence-corrected chi connectivity index (χ1v) is 14.6. The van der Waals surface area contributed by atoms with E-state index in [9.17, 15) is 23.2 Å². The van der Waals surface area contributed by atoms with Crippen molar-refractivity contribution < 1.29 is 32.4 Å². The molecule has 0 radical (unpaired) electrons. The standard InChI is InChI=1S/C24H25F2N3O6Si/c1-33-14-5-6-15-18(11-14)34-8-7-29(24(32)19-12-20(30)28-35-19)21(15)23(31)27-13-9-16(25)22(17(26)10-13)36(2,3)4/h5-6,9-12,21H,7-8H2,1-4H3,(H,27,31)(H,28,30). The van der Waals surface area contributed by atoms with Crippen LogP contribution in [0.2, 0.25) is 19.6 Å². The van der Waals surface area contributed by atoms with E-state index in [0.717, 1.165) is 18.2 Å². The summed E-state index contributed by atoms with van der Waals surface area (Å²) < 4.78 is 45.6. The zero-order valence-corrected chi connectivity index (χ0v) is 21.1. The highest BCUT2D eigenvalue weighted by Gasteiger charge is 2.38. The zero-order chi connectivity index (χ0) is 26.2. The molecule has 1 unspecified atom stereocenters. The van der Waals surface area contributed by atoms with Crippen LogP contribution in [-0.2, 0) is 4.79 Å². The minimum atomic E-state index is -2.33. The second-order valence-electron chi connectivity index (χ2n) is 9.28. The van der Waals surface area contributed by atoms with E-state index < -0.39 is 43.1 Å². The van der Waals surface area contributed by atoms with Crippen LogP contribution in [0.25, 0.3) is 0 Å². The van der Waals surface area contributed by atoms with Crippen LogP contribution in [0.4, 0.5) is 14.5 Å². The fourth-order valence-corrected chi connectivity index (χ4v) is 5.72. The zero-order valence-electron chi connectivity index (χ0n) is 20.1. The summed E-state index contributed by atoms with van der Waals surface area (Å²) in [4.78, 5) is 39.5. The molecule has 2 N–H and O–H groups in total. The summed E-state index contributed by atoms with van der Waals surface area (Å²) in [6.07, 6.45) is 0. The van der Waals surface area contributed by atoms with E-state index in [2.05, 4.69) is 5.32 Å². The second-order valence-corrected chi connectivity index (χ2v) is 14.3. The van der Waals surface area contributed by atoms with Crippen molar-refractivity contribution in [1.82, 2.24) is 10.1 Å². The van der Waals surface area contributed by atoms with Crippen molar-refractivity contribution in [2.24, 2.45) is 0 Å². The second kappa shape index (κ2) is 9.61. The van der Waals surface area contributed by atoms with Gasteiger partial charge in [0, 0.05) is 22.5 Å². The lowest BCUT2D eigenvalue weighted by atomic mass is 10.0. The van der Waals surface area contributed by atoms with Crippen LogP contribution in [0.3, 0.4) is 0 Å². The normalized spacial score (nSPS) is 15.5. The lowest BCUT2D eigenvalue weighted by Gasteiger charge is -2.28. The van der Waals surface area contributed by atoms with E-state index in [1.807, 2.05) is 24.8 Å². The fraction of sp³-hybridized carbons (Fsp3) is 0.292. The molecule has 12 heteroatoms. The number of methoxy groups -OCH3 is 1. The van der Waals surface area contributed by atoms with Crippen LogP contribution >= 0.6 is 0 Å². The number of carbonyl (C=O) groups is 2. The maximum absolute atomic E-state index is 14.8. The Morgan fingerprint density at radius 1 is 1.14 bits per heavy atom. The number of benzene rings is 2. The number of halogens is 2. The third-order valence-electron chi connectivity index (χ3n) is 5.72. The molecule has 0 spiro atoms. The predicted octanol–water partition coefficient (Wildman–Crippen LogP) is 3.01. The molecule has 2 aromatic carbocycles. The van der Waals surface area contributed by atoms with Crippen LogP contribution < -0.4 is 25.5 Å². The van der Waals surface area contributed by atoms with E-state index in [4.69, 9.17) is 14.0 Å². The van der Waals surface area contributed by atoms with Gasteiger partial charge in [-0.25, -0.2) is 8.78 Å². The molecule has 190 valence electrons. The molecule has 3 aromatic rings. The number of carbonyl (C=O) groups excluding carboxylic acids is 2. The topological polar surface area (TPSA) is 114 Å². The van der Waals surface area contributed by atoms with Gasteiger partial charge >= 0.3 is 0 Å². The number of fused-ring (bicyclic) bond motifs is 1. The van der Waals surface area contributed by atoms with Gasteiger partial charge in [-0.2, -0.15) is 5.16 Å². The summed E-state index contributed by atoms with van der Waals surface area (Å²) in [6.45, 7) is 5.42. The van der Waals surface area contributed by atoms with Gasteiger partial charge in [-0.1, -0.05) is 19.6 Å². The first-order chi connectivity index (χ1) is 17.0. The maximum Gasteiger partial charge on any atom is 0.293 e. The van der Waals surface area contributed by atoms with Crippen molar-refractivity contribution in [2.75, 3.05) is 25.6 Å². The minimum absolute atomic E-state index is 0.0263. The number of ether oxygens (including phenoxy) is 2. The molecule has 9 nitrogen and oxygen atoms in total. The number of nitrogens with zero attached hydrogens (tertiary/aromatic N) is 1. The van der Waals surface area contributed by atoms with Crippen molar-refractivity contribution in [3.8, 4) is 11.5 Å². The summed E-state index contributed by atoms with van der Waals surface area (Å²) in [5, 5.41) is 4.60. The highest BCUT2D eigenvalue weighted by molar-refractivity contribution is 6.88. The molecular weight excluding hydrogens is 492 g/mol. The molecule has 1 aliphatic rings. The van der Waals surface area contributed by atoms with Crippen molar-refractivity contribution in [1.29, 1.82) is 0 Å². The largest absolute Gasteiger partial charge is 0.497 e. The van der Waals surface area contributed by atoms with Crippen LogP contribution in [-0.4, -0.2) is 50.2 Å². The molecule has 4 rings (SSSR count). The van der Waals surface area contributed by atoms with E-state index >= 15 is 0 Å². The molecule has 0 aliphatic carbocycles. The van der Waals surface area contributed by atoms with Gasteiger partial charge < -0.3 is 24.2 Å². The van der Waals surface area contributed by atoms with Crippen LogP contribution in [0.5, 0.6) is 11.5 Å². The Bertz CT molecular complexity index is 1360. The molecular formula is C24H25F2N3O6Si. The Kier molecular flexibility index (Phi) is 6.72. The van der Waals surface area contributed by atoms with Gasteiger partial charge in [-0.3, -0.25) is 14.4 Å². The molecule has 1 atom stereocenters. The lowest BCUT2D eigenvalue weighted by Crippen LogP contribution is -2.43. The Morgan fingerprint density at radius 2 is 1.83 bits per heavy atom. The maximum atomic E-state index is 14.8. The van der Waals surface area contributed by atoms with Crippen molar-refractivity contribution >= 4 is 30.8 Å². The monoisotopic (exact) mass is 517 g/mol. The molecule has 0 fully saturated rings. The summed E-state index contributed by atoms with van der Waals surface area (Å²) >= 11 is 0. The molecule has 36 heavy (non-hydrogen) atoms. The van der Waals surface area contributed by atoms with E-state index in [1.54, 1.807) is 18.2 Å². The van der Waals surface area contributed by atoms with E-state index in [1.165, 1.54) is 12.0 Å². The summed E-state index contributed by atoms with van der Waals surface area (Å²) in [5.74, 6) is -2.51. The third kappa shape index (κ3) is 4.89. The number of anilines is 1. The van der Waals surface area contributed by atoms with E-state index in [0.29, 0.717) is 17.1 Å². The van der Waals surface area contributed by atoms with Gasteiger partial charge in [-0.15, -0.1) is 0 Å². The summed E-state index contributed by atoms with van der Waals surface area (Å²) in [5.41, 5.74) is -0.404. The Labute approximate surface area is 206 Å². The van der Waals surface area contributed by atoms with Gasteiger partial charge in [0.05, 0.1) is 27.8 Å². The molecule has 0 saturated heterocycles. The van der Waals surface area contributed by atoms with Crippen LogP contribution in [0.1, 0.15) is 22.2 Å². The molecule has 1 aromatic heterocycles. The highest BCUT2D eigenvalue weighted by Crippen LogP contribution is 2.36. The number of amides is 2. The van der Waals surface area contributed by atoms with Crippen molar-refractivity contribution in [2.45, 2.75) is 25.7 Å². The quantitative estimate of drug-likeness (QED) is 0.503. The van der Waals surface area contributed by atoms with Crippen LogP contribution in [0.15, 0.2) is 45.7 Å². The van der Waals surface area contributed by atoms with Gasteiger partial charge in [0.1, 0.15) is 35.8 Å². The third-order valence-corrected chi connectivity index (χ3v) is 7.70. The fourth-order valence-electron chi connectivity index (χ4n) is 4.15. The van der Waals surface area contributed by atoms with E-state index in [-0.39, 0.29) is 29.8 Å². The lowest BCUT2D eigenvalue weighted by molar-refractivity contribution is -0.120. The molecule has 1 aliphatic heterocycles. The molecule has 2 amide bonds. The first kappa shape index (κ1) is 25.2. The predicted molar refractivity (Wildman–Crippen MR) is 130 cm³/mol. The molecule has 0 saturated carbocycles. The SMILES string of the molecule is COc1ccc2c(c1)OCCN(C(=O)c1cc(=O)[nH]o1)C2C(=O)Nc1cc(F)c([Si](C)(C)C)c(F)c1. The molecule has 2 heterocycles. The molecule has 0 bridgehead atoms. The summed E-state index contributed by atoms with van der Waals surface area (Å²) in [6, 6.07) is 6.55. The van der Waals surface area contributed by atoms with Gasteiger partial charge in [0.15, 0.2) is 0 Å². The number of nitrogens with one attached hydrogen (secondary N) is 2. The highest BCUT2D eigenvalue weighted by atomic mass is 28.3. The van der Waals surface area contributed by atoms with Gasteiger partial charge in [-0.05, 0) is 24.3 Å². The first-order valence-electron chi connectivity index (χ1n) is 11.1. The number of aromatic nitrogens is 1. The smallest absolute Gasteiger partial charge is 0.293 e. The number of hydrogen-bond acceptors (Lipinski definition) is 6. The van der Waals surface area contributed by atoms with Gasteiger partial charge in [0.25, 0.3) is 17.4 Å². The number of hydrogen-bond donors (Lipinski definition) is 2. The number of rotatable bonds is 5. The Morgan fingerprint density at radius 3 is 2.42 bits per heavy atom. The minimum Gasteiger partial charge on any atom is -0.497 e. The number of H-pyrrole nitrogens is 1. The average molecular weight is 518 g/mol. The number of aromatic amines is 1.